The third-order valence-corrected chi connectivity index (χ3v) is 6.14. The zero-order chi connectivity index (χ0) is 21.4. The summed E-state index contributed by atoms with van der Waals surface area (Å²) < 4.78 is 5.85. The van der Waals surface area contributed by atoms with E-state index in [0.29, 0.717) is 0 Å². The van der Waals surface area contributed by atoms with Crippen molar-refractivity contribution in [1.82, 2.24) is 0 Å². The second-order valence-corrected chi connectivity index (χ2v) is 8.86. The molecule has 0 saturated heterocycles. The summed E-state index contributed by atoms with van der Waals surface area (Å²) in [7, 11) is 0. The summed E-state index contributed by atoms with van der Waals surface area (Å²) in [6.45, 7) is 3.04. The van der Waals surface area contributed by atoms with Gasteiger partial charge in [-0.3, -0.25) is 10.1 Å². The van der Waals surface area contributed by atoms with E-state index in [1.54, 1.807) is 23.9 Å². The minimum atomic E-state index is -0.379. The van der Waals surface area contributed by atoms with Crippen LogP contribution in [0.2, 0.25) is 0 Å². The Kier molecular flexibility index (Phi) is 12.0. The van der Waals surface area contributed by atoms with Gasteiger partial charge < -0.3 is 4.74 Å². The summed E-state index contributed by atoms with van der Waals surface area (Å²) in [5.74, 6) is 0.898. The van der Waals surface area contributed by atoms with Crippen molar-refractivity contribution < 1.29 is 9.66 Å². The number of nitro benzene ring substituents is 1. The molecule has 164 valence electrons. The number of ether oxygens (including phenoxy) is 1. The van der Waals surface area contributed by atoms with Gasteiger partial charge in [0.15, 0.2) is 0 Å². The van der Waals surface area contributed by atoms with Gasteiger partial charge in [-0.2, -0.15) is 0 Å². The standard InChI is InChI=1S/C25H35NO3S/c1-2-3-4-5-6-7-8-9-10-11-12-21-29-23-15-19-25(20-16-23)30-24-17-13-22(14-18-24)26(27)28/h13-20H,2-12,21H2,1H3. The first-order chi connectivity index (χ1) is 14.7. The van der Waals surface area contributed by atoms with Crippen LogP contribution in [0.3, 0.4) is 0 Å². The number of benzene rings is 2. The van der Waals surface area contributed by atoms with Gasteiger partial charge in [0.2, 0.25) is 0 Å². The lowest BCUT2D eigenvalue weighted by Crippen LogP contribution is -1.97. The van der Waals surface area contributed by atoms with E-state index in [1.807, 2.05) is 24.3 Å². The van der Waals surface area contributed by atoms with Gasteiger partial charge in [0.25, 0.3) is 5.69 Å². The minimum Gasteiger partial charge on any atom is -0.494 e. The zero-order valence-electron chi connectivity index (χ0n) is 18.2. The zero-order valence-corrected chi connectivity index (χ0v) is 19.0. The van der Waals surface area contributed by atoms with Crippen LogP contribution in [-0.4, -0.2) is 11.5 Å². The number of unbranched alkanes of at least 4 members (excludes halogenated alkanes) is 10. The molecule has 0 radical (unpaired) electrons. The molecule has 4 nitrogen and oxygen atoms in total. The van der Waals surface area contributed by atoms with E-state index in [4.69, 9.17) is 4.74 Å². The molecule has 0 saturated carbocycles. The van der Waals surface area contributed by atoms with Crippen molar-refractivity contribution in [2.75, 3.05) is 6.61 Å². The number of rotatable bonds is 16. The minimum absolute atomic E-state index is 0.116. The van der Waals surface area contributed by atoms with Crippen molar-refractivity contribution in [1.29, 1.82) is 0 Å². The van der Waals surface area contributed by atoms with Crippen LogP contribution < -0.4 is 4.74 Å². The molecule has 0 N–H and O–H groups in total. The quantitative estimate of drug-likeness (QED) is 0.153. The van der Waals surface area contributed by atoms with Crippen LogP contribution in [0.15, 0.2) is 58.3 Å². The highest BCUT2D eigenvalue weighted by Gasteiger charge is 2.05. The molecule has 2 rings (SSSR count). The van der Waals surface area contributed by atoms with Gasteiger partial charge in [-0.1, -0.05) is 82.9 Å². The lowest BCUT2D eigenvalue weighted by molar-refractivity contribution is -0.384. The van der Waals surface area contributed by atoms with Gasteiger partial charge in [0, 0.05) is 21.9 Å². The fraction of sp³-hybridized carbons (Fsp3) is 0.520. The molecular formula is C25H35NO3S. The van der Waals surface area contributed by atoms with Crippen LogP contribution in [0.5, 0.6) is 5.75 Å². The lowest BCUT2D eigenvalue weighted by Gasteiger charge is -2.07. The number of non-ortho nitro benzene ring substituents is 1. The van der Waals surface area contributed by atoms with Gasteiger partial charge in [-0.05, 0) is 42.8 Å². The predicted octanol–water partition coefficient (Wildman–Crippen LogP) is 8.44. The highest BCUT2D eigenvalue weighted by Crippen LogP contribution is 2.30. The molecule has 0 amide bonds. The first-order valence-electron chi connectivity index (χ1n) is 11.3. The fourth-order valence-electron chi connectivity index (χ4n) is 3.33. The smallest absolute Gasteiger partial charge is 0.269 e. The number of hydrogen-bond donors (Lipinski definition) is 0. The Balaban J connectivity index is 1.53. The normalized spacial score (nSPS) is 10.8. The molecule has 0 unspecified atom stereocenters. The maximum atomic E-state index is 10.7. The molecule has 0 aliphatic carbocycles. The Morgan fingerprint density at radius 3 is 1.70 bits per heavy atom. The Morgan fingerprint density at radius 1 is 0.733 bits per heavy atom. The van der Waals surface area contributed by atoms with Crippen LogP contribution in [0, 0.1) is 10.1 Å². The van der Waals surface area contributed by atoms with Crippen molar-refractivity contribution in [3.05, 3.63) is 58.6 Å². The summed E-state index contributed by atoms with van der Waals surface area (Å²) >= 11 is 1.59. The molecule has 0 aliphatic heterocycles. The van der Waals surface area contributed by atoms with Crippen LogP contribution >= 0.6 is 11.8 Å². The second kappa shape index (κ2) is 14.9. The molecule has 0 bridgehead atoms. The average molecular weight is 430 g/mol. The SMILES string of the molecule is CCCCCCCCCCCCCOc1ccc(Sc2ccc([N+](=O)[O-])cc2)cc1. The van der Waals surface area contributed by atoms with Gasteiger partial charge in [0.1, 0.15) is 5.75 Å². The molecule has 0 aromatic heterocycles. The average Bonchev–Trinajstić information content (AvgIpc) is 2.76. The molecule has 5 heteroatoms. The molecule has 0 heterocycles. The molecule has 30 heavy (non-hydrogen) atoms. The van der Waals surface area contributed by atoms with E-state index in [1.165, 1.54) is 76.3 Å². The first-order valence-corrected chi connectivity index (χ1v) is 12.2. The number of nitro groups is 1. The molecule has 0 fully saturated rings. The maximum absolute atomic E-state index is 10.7. The molecule has 0 atom stereocenters. The van der Waals surface area contributed by atoms with Crippen molar-refractivity contribution in [2.24, 2.45) is 0 Å². The van der Waals surface area contributed by atoms with Gasteiger partial charge in [-0.25, -0.2) is 0 Å². The number of hydrogen-bond acceptors (Lipinski definition) is 4. The largest absolute Gasteiger partial charge is 0.494 e. The molecular weight excluding hydrogens is 394 g/mol. The lowest BCUT2D eigenvalue weighted by atomic mass is 10.1. The van der Waals surface area contributed by atoms with Crippen molar-refractivity contribution in [2.45, 2.75) is 87.3 Å². The molecule has 2 aromatic carbocycles. The summed E-state index contributed by atoms with van der Waals surface area (Å²) in [5.41, 5.74) is 0.116. The Bertz CT molecular complexity index is 716. The van der Waals surface area contributed by atoms with Crippen LogP contribution in [0.1, 0.15) is 77.6 Å². The summed E-state index contributed by atoms with van der Waals surface area (Å²) in [6.07, 6.45) is 14.7. The van der Waals surface area contributed by atoms with Crippen molar-refractivity contribution in [3.63, 3.8) is 0 Å². The number of nitrogens with zero attached hydrogens (tertiary/aromatic N) is 1. The highest BCUT2D eigenvalue weighted by atomic mass is 32.2. The Hall–Kier alpha value is -2.01. The van der Waals surface area contributed by atoms with Crippen LogP contribution in [0.25, 0.3) is 0 Å². The third kappa shape index (κ3) is 10.1. The molecule has 0 aliphatic rings. The van der Waals surface area contributed by atoms with Gasteiger partial charge >= 0.3 is 0 Å². The van der Waals surface area contributed by atoms with Gasteiger partial charge in [0.05, 0.1) is 11.5 Å². The Labute approximate surface area is 185 Å². The fourth-order valence-corrected chi connectivity index (χ4v) is 4.15. The van der Waals surface area contributed by atoms with E-state index in [2.05, 4.69) is 6.92 Å². The van der Waals surface area contributed by atoms with E-state index in [0.717, 1.165) is 28.6 Å². The van der Waals surface area contributed by atoms with Crippen molar-refractivity contribution in [3.8, 4) is 5.75 Å². The van der Waals surface area contributed by atoms with E-state index < -0.39 is 0 Å². The van der Waals surface area contributed by atoms with Crippen molar-refractivity contribution >= 4 is 17.4 Å². The molecule has 2 aromatic rings. The first kappa shape index (κ1) is 24.3. The van der Waals surface area contributed by atoms with E-state index >= 15 is 0 Å². The third-order valence-electron chi connectivity index (χ3n) is 5.12. The molecule has 0 spiro atoms. The predicted molar refractivity (Wildman–Crippen MR) is 126 cm³/mol. The summed E-state index contributed by atoms with van der Waals surface area (Å²) in [4.78, 5) is 12.4. The maximum Gasteiger partial charge on any atom is 0.269 e. The summed E-state index contributed by atoms with van der Waals surface area (Å²) in [6, 6.07) is 14.7. The second-order valence-electron chi connectivity index (χ2n) is 7.71. The van der Waals surface area contributed by atoms with Gasteiger partial charge in [-0.15, -0.1) is 0 Å². The van der Waals surface area contributed by atoms with Crippen LogP contribution in [-0.2, 0) is 0 Å². The summed E-state index contributed by atoms with van der Waals surface area (Å²) in [5, 5.41) is 10.7. The Morgan fingerprint density at radius 2 is 1.20 bits per heavy atom. The monoisotopic (exact) mass is 429 g/mol. The van der Waals surface area contributed by atoms with E-state index in [9.17, 15) is 10.1 Å². The topological polar surface area (TPSA) is 52.4 Å². The highest BCUT2D eigenvalue weighted by molar-refractivity contribution is 7.99. The van der Waals surface area contributed by atoms with Crippen LogP contribution in [0.4, 0.5) is 5.69 Å². The van der Waals surface area contributed by atoms with E-state index in [-0.39, 0.29) is 10.6 Å².